The zero-order chi connectivity index (χ0) is 14.8. The highest BCUT2D eigenvalue weighted by Gasteiger charge is 2.09. The number of nitrogens with zero attached hydrogens (tertiary/aromatic N) is 2. The molecule has 2 heterocycles. The monoisotopic (exact) mass is 302 g/mol. The molecule has 0 aliphatic heterocycles. The Morgan fingerprint density at radius 1 is 1.33 bits per heavy atom. The number of carbonyl (C=O) groups excluding carboxylic acids is 1. The predicted octanol–water partition coefficient (Wildman–Crippen LogP) is 1.82. The van der Waals surface area contributed by atoms with E-state index in [1.54, 1.807) is 11.6 Å². The Morgan fingerprint density at radius 2 is 2.10 bits per heavy atom. The van der Waals surface area contributed by atoms with Crippen LogP contribution in [0, 0.1) is 0 Å². The molecule has 2 aromatic heterocycles. The maximum absolute atomic E-state index is 11.8. The van der Waals surface area contributed by atoms with Crippen LogP contribution in [0.15, 0.2) is 46.7 Å². The summed E-state index contributed by atoms with van der Waals surface area (Å²) < 4.78 is 6.53. The topological polar surface area (TPSA) is 80.9 Å². The number of ether oxygens (including phenoxy) is 1. The van der Waals surface area contributed by atoms with E-state index in [9.17, 15) is 9.59 Å². The third-order valence-electron chi connectivity index (χ3n) is 2.81. The van der Waals surface area contributed by atoms with E-state index in [1.807, 2.05) is 0 Å². The van der Waals surface area contributed by atoms with Crippen molar-refractivity contribution in [3.8, 4) is 5.75 Å². The lowest BCUT2D eigenvalue weighted by atomic mass is 10.2. The average Bonchev–Trinajstić information content (AvgIpc) is 2.94. The molecule has 0 aliphatic rings. The number of carbonyl (C=O) groups is 1. The van der Waals surface area contributed by atoms with Gasteiger partial charge in [0.05, 0.1) is 11.3 Å². The van der Waals surface area contributed by atoms with E-state index in [0.717, 1.165) is 0 Å². The summed E-state index contributed by atoms with van der Waals surface area (Å²) in [6.07, 6.45) is 1.64. The quantitative estimate of drug-likeness (QED) is 0.746. The number of rotatable bonds is 3. The van der Waals surface area contributed by atoms with E-state index in [1.165, 1.54) is 46.1 Å². The van der Waals surface area contributed by atoms with Gasteiger partial charge in [-0.05, 0) is 24.3 Å². The van der Waals surface area contributed by atoms with Gasteiger partial charge in [-0.3, -0.25) is 9.20 Å². The summed E-state index contributed by atoms with van der Waals surface area (Å²) in [7, 11) is 0. The highest BCUT2D eigenvalue weighted by Crippen LogP contribution is 2.12. The van der Waals surface area contributed by atoms with Gasteiger partial charge in [-0.2, -0.15) is 0 Å². The number of thiazole rings is 1. The van der Waals surface area contributed by atoms with Gasteiger partial charge in [0.2, 0.25) is 0 Å². The van der Waals surface area contributed by atoms with Crippen LogP contribution in [-0.4, -0.2) is 20.5 Å². The molecule has 0 saturated carbocycles. The van der Waals surface area contributed by atoms with E-state index in [-0.39, 0.29) is 17.9 Å². The molecule has 3 rings (SSSR count). The van der Waals surface area contributed by atoms with Gasteiger partial charge < -0.3 is 9.84 Å². The van der Waals surface area contributed by atoms with Gasteiger partial charge in [0, 0.05) is 17.6 Å². The van der Waals surface area contributed by atoms with Gasteiger partial charge in [0.1, 0.15) is 12.4 Å². The van der Waals surface area contributed by atoms with Crippen LogP contribution >= 0.6 is 11.3 Å². The van der Waals surface area contributed by atoms with E-state index in [4.69, 9.17) is 9.84 Å². The lowest BCUT2D eigenvalue weighted by Gasteiger charge is -2.04. The summed E-state index contributed by atoms with van der Waals surface area (Å²) in [5.41, 5.74) is 0.508. The molecule has 7 heteroatoms. The SMILES string of the molecule is O=C(OCc1cc(=O)n2ccsc2n1)c1ccc(O)cc1. The predicted molar refractivity (Wildman–Crippen MR) is 76.6 cm³/mol. The standard InChI is InChI=1S/C14H10N2O4S/c17-11-3-1-9(2-4-11)13(19)20-8-10-7-12(18)16-5-6-21-14(16)15-10/h1-7,17H,8H2. The van der Waals surface area contributed by atoms with Gasteiger partial charge in [0.25, 0.3) is 5.56 Å². The minimum absolute atomic E-state index is 0.0735. The second kappa shape index (κ2) is 5.37. The molecule has 0 unspecified atom stereocenters. The lowest BCUT2D eigenvalue weighted by molar-refractivity contribution is 0.0468. The van der Waals surface area contributed by atoms with E-state index >= 15 is 0 Å². The van der Waals surface area contributed by atoms with E-state index in [2.05, 4.69) is 4.98 Å². The van der Waals surface area contributed by atoms with Crippen molar-refractivity contribution in [2.75, 3.05) is 0 Å². The van der Waals surface area contributed by atoms with Crippen molar-refractivity contribution >= 4 is 22.3 Å². The highest BCUT2D eigenvalue weighted by molar-refractivity contribution is 7.15. The normalized spacial score (nSPS) is 10.7. The van der Waals surface area contributed by atoms with Crippen LogP contribution in [-0.2, 0) is 11.3 Å². The Kier molecular flexibility index (Phi) is 3.41. The number of hydrogen-bond donors (Lipinski definition) is 1. The fourth-order valence-corrected chi connectivity index (χ4v) is 2.52. The van der Waals surface area contributed by atoms with Gasteiger partial charge in [-0.25, -0.2) is 9.78 Å². The zero-order valence-corrected chi connectivity index (χ0v) is 11.5. The first-order valence-electron chi connectivity index (χ1n) is 6.05. The summed E-state index contributed by atoms with van der Waals surface area (Å²) >= 11 is 1.33. The molecule has 0 radical (unpaired) electrons. The van der Waals surface area contributed by atoms with Crippen molar-refractivity contribution < 1.29 is 14.6 Å². The number of phenols is 1. The third kappa shape index (κ3) is 2.77. The van der Waals surface area contributed by atoms with Crippen molar-refractivity contribution in [3.63, 3.8) is 0 Å². The van der Waals surface area contributed by atoms with Gasteiger partial charge in [-0.15, -0.1) is 11.3 Å². The summed E-state index contributed by atoms with van der Waals surface area (Å²) in [6.45, 7) is -0.0800. The molecule has 1 aromatic carbocycles. The van der Waals surface area contributed by atoms with Crippen molar-refractivity contribution in [3.05, 3.63) is 63.5 Å². The Morgan fingerprint density at radius 3 is 2.86 bits per heavy atom. The minimum Gasteiger partial charge on any atom is -0.508 e. The Labute approximate surface area is 122 Å². The molecule has 0 spiro atoms. The van der Waals surface area contributed by atoms with Gasteiger partial charge >= 0.3 is 5.97 Å². The molecule has 6 nitrogen and oxygen atoms in total. The molecular formula is C14H10N2O4S. The Balaban J connectivity index is 1.75. The van der Waals surface area contributed by atoms with E-state index < -0.39 is 5.97 Å². The van der Waals surface area contributed by atoms with Crippen LogP contribution in [0.4, 0.5) is 0 Å². The molecule has 0 fully saturated rings. The maximum Gasteiger partial charge on any atom is 0.338 e. The summed E-state index contributed by atoms with van der Waals surface area (Å²) in [5, 5.41) is 10.9. The van der Waals surface area contributed by atoms with Crippen LogP contribution in [0.3, 0.4) is 0 Å². The molecule has 21 heavy (non-hydrogen) atoms. The summed E-state index contributed by atoms with van der Waals surface area (Å²) in [4.78, 5) is 28.4. The second-order valence-corrected chi connectivity index (χ2v) is 5.14. The van der Waals surface area contributed by atoms with Crippen molar-refractivity contribution in [1.29, 1.82) is 0 Å². The molecule has 3 aromatic rings. The molecule has 0 saturated heterocycles. The number of benzene rings is 1. The maximum atomic E-state index is 11.8. The number of phenolic OH excluding ortho intramolecular Hbond substituents is 1. The fourth-order valence-electron chi connectivity index (χ4n) is 1.78. The second-order valence-electron chi connectivity index (χ2n) is 4.26. The van der Waals surface area contributed by atoms with Crippen molar-refractivity contribution in [2.24, 2.45) is 0 Å². The molecular weight excluding hydrogens is 292 g/mol. The van der Waals surface area contributed by atoms with E-state index in [0.29, 0.717) is 16.2 Å². The number of hydrogen-bond acceptors (Lipinski definition) is 6. The molecule has 1 N–H and O–H groups in total. The molecule has 0 bridgehead atoms. The Hall–Kier alpha value is -2.67. The number of aromatic nitrogens is 2. The zero-order valence-electron chi connectivity index (χ0n) is 10.7. The van der Waals surface area contributed by atoms with Crippen LogP contribution in [0.1, 0.15) is 16.1 Å². The fraction of sp³-hybridized carbons (Fsp3) is 0.0714. The smallest absolute Gasteiger partial charge is 0.338 e. The first-order chi connectivity index (χ1) is 10.1. The summed E-state index contributed by atoms with van der Waals surface area (Å²) in [6, 6.07) is 7.06. The number of esters is 1. The molecule has 0 amide bonds. The lowest BCUT2D eigenvalue weighted by Crippen LogP contribution is -2.14. The van der Waals surface area contributed by atoms with Crippen LogP contribution in [0.25, 0.3) is 4.96 Å². The summed E-state index contributed by atoms with van der Waals surface area (Å²) in [5.74, 6) is -0.465. The van der Waals surface area contributed by atoms with Crippen molar-refractivity contribution in [2.45, 2.75) is 6.61 Å². The number of fused-ring (bicyclic) bond motifs is 1. The van der Waals surface area contributed by atoms with Crippen LogP contribution in [0.5, 0.6) is 5.75 Å². The van der Waals surface area contributed by atoms with Gasteiger partial charge in [0.15, 0.2) is 4.96 Å². The molecule has 106 valence electrons. The van der Waals surface area contributed by atoms with Crippen LogP contribution < -0.4 is 5.56 Å². The average molecular weight is 302 g/mol. The minimum atomic E-state index is -0.539. The Bertz CT molecular complexity index is 851. The third-order valence-corrected chi connectivity index (χ3v) is 3.57. The first kappa shape index (κ1) is 13.3. The molecule has 0 aliphatic carbocycles. The van der Waals surface area contributed by atoms with Crippen LogP contribution in [0.2, 0.25) is 0 Å². The van der Waals surface area contributed by atoms with Crippen molar-refractivity contribution in [1.82, 2.24) is 9.38 Å². The number of aromatic hydroxyl groups is 1. The largest absolute Gasteiger partial charge is 0.508 e. The highest BCUT2D eigenvalue weighted by atomic mass is 32.1. The van der Waals surface area contributed by atoms with Gasteiger partial charge in [-0.1, -0.05) is 0 Å². The first-order valence-corrected chi connectivity index (χ1v) is 6.93. The molecule has 0 atom stereocenters.